The Hall–Kier alpha value is -2.60. The summed E-state index contributed by atoms with van der Waals surface area (Å²) >= 11 is 4.93. The molecule has 120 valence electrons. The highest BCUT2D eigenvalue weighted by atomic mass is 32.1. The summed E-state index contributed by atoms with van der Waals surface area (Å²) < 4.78 is 11.2. The van der Waals surface area contributed by atoms with E-state index in [0.717, 1.165) is 5.75 Å². The van der Waals surface area contributed by atoms with Crippen LogP contribution >= 0.6 is 12.2 Å². The molecule has 2 N–H and O–H groups in total. The first-order chi connectivity index (χ1) is 11.2. The van der Waals surface area contributed by atoms with Crippen LogP contribution in [-0.4, -0.2) is 31.3 Å². The number of thiocarbonyl (C=S) groups is 1. The van der Waals surface area contributed by atoms with Crippen LogP contribution < -0.4 is 20.1 Å². The van der Waals surface area contributed by atoms with Crippen molar-refractivity contribution in [2.45, 2.75) is 0 Å². The van der Waals surface area contributed by atoms with Gasteiger partial charge >= 0.3 is 0 Å². The van der Waals surface area contributed by atoms with Gasteiger partial charge in [-0.2, -0.15) is 0 Å². The highest BCUT2D eigenvalue weighted by Crippen LogP contribution is 2.18. The second kappa shape index (κ2) is 8.75. The predicted molar refractivity (Wildman–Crippen MR) is 93.0 cm³/mol. The maximum Gasteiger partial charge on any atom is 0.261 e. The Kier molecular flexibility index (Phi) is 6.38. The number of ether oxygens (including phenoxy) is 2. The van der Waals surface area contributed by atoms with Crippen LogP contribution in [0.5, 0.6) is 11.5 Å². The van der Waals surface area contributed by atoms with Crippen LogP contribution in [0.2, 0.25) is 0 Å². The number of benzene rings is 2. The van der Waals surface area contributed by atoms with Crippen molar-refractivity contribution < 1.29 is 14.3 Å². The number of carbonyl (C=O) groups excluding carboxylic acids is 1. The molecular weight excluding hydrogens is 312 g/mol. The summed E-state index contributed by atoms with van der Waals surface area (Å²) in [7, 11) is 1.64. The van der Waals surface area contributed by atoms with Gasteiger partial charge in [0.2, 0.25) is 0 Å². The van der Waals surface area contributed by atoms with Crippen molar-refractivity contribution in [3.63, 3.8) is 0 Å². The van der Waals surface area contributed by atoms with Gasteiger partial charge in [0.15, 0.2) is 5.11 Å². The van der Waals surface area contributed by atoms with Crippen molar-refractivity contribution in [2.75, 3.05) is 20.3 Å². The summed E-state index contributed by atoms with van der Waals surface area (Å²) in [5, 5.41) is 5.53. The molecule has 0 aromatic heterocycles. The fourth-order valence-electron chi connectivity index (χ4n) is 1.84. The molecule has 2 rings (SSSR count). The van der Waals surface area contributed by atoms with Crippen LogP contribution in [0.15, 0.2) is 54.6 Å². The van der Waals surface area contributed by atoms with Gasteiger partial charge in [-0.3, -0.25) is 10.1 Å². The van der Waals surface area contributed by atoms with Gasteiger partial charge in [0.05, 0.1) is 5.56 Å². The van der Waals surface area contributed by atoms with Gasteiger partial charge < -0.3 is 14.8 Å². The number of hydrogen-bond acceptors (Lipinski definition) is 4. The zero-order valence-corrected chi connectivity index (χ0v) is 13.6. The minimum atomic E-state index is -0.316. The van der Waals surface area contributed by atoms with Crippen LogP contribution in [-0.2, 0) is 0 Å². The molecule has 0 atom stereocenters. The Balaban J connectivity index is 1.90. The minimum absolute atomic E-state index is 0.261. The van der Waals surface area contributed by atoms with Crippen molar-refractivity contribution in [3.8, 4) is 11.5 Å². The zero-order valence-electron chi connectivity index (χ0n) is 12.7. The molecule has 0 saturated carbocycles. The molecule has 0 heterocycles. The van der Waals surface area contributed by atoms with Gasteiger partial charge in [-0.15, -0.1) is 0 Å². The van der Waals surface area contributed by atoms with E-state index in [-0.39, 0.29) is 11.0 Å². The standard InChI is InChI=1S/C17H18N2O3S/c1-18-17(23)19-16(20)14-9-5-6-10-15(14)22-12-11-21-13-7-3-2-4-8-13/h2-10H,11-12H2,1H3,(H2,18,19,20,23). The van der Waals surface area contributed by atoms with E-state index in [1.54, 1.807) is 31.3 Å². The quantitative estimate of drug-likeness (QED) is 0.629. The van der Waals surface area contributed by atoms with Crippen LogP contribution in [0.3, 0.4) is 0 Å². The number of para-hydroxylation sites is 2. The lowest BCUT2D eigenvalue weighted by Gasteiger charge is -2.12. The van der Waals surface area contributed by atoms with Crippen molar-refractivity contribution in [2.24, 2.45) is 0 Å². The number of hydrogen-bond donors (Lipinski definition) is 2. The molecule has 0 aliphatic heterocycles. The van der Waals surface area contributed by atoms with E-state index in [1.807, 2.05) is 30.3 Å². The maximum absolute atomic E-state index is 12.1. The summed E-state index contributed by atoms with van der Waals surface area (Å²) in [4.78, 5) is 12.1. The second-order valence-corrected chi connectivity index (χ2v) is 4.95. The van der Waals surface area contributed by atoms with E-state index in [9.17, 15) is 4.79 Å². The fourth-order valence-corrected chi connectivity index (χ4v) is 1.93. The van der Waals surface area contributed by atoms with Gasteiger partial charge in [-0.25, -0.2) is 0 Å². The number of carbonyl (C=O) groups is 1. The van der Waals surface area contributed by atoms with Crippen LogP contribution in [0.1, 0.15) is 10.4 Å². The van der Waals surface area contributed by atoms with E-state index in [0.29, 0.717) is 24.5 Å². The monoisotopic (exact) mass is 330 g/mol. The van der Waals surface area contributed by atoms with Crippen molar-refractivity contribution in [1.82, 2.24) is 10.6 Å². The molecule has 2 aromatic rings. The molecule has 0 aliphatic carbocycles. The van der Waals surface area contributed by atoms with Gasteiger partial charge in [-0.05, 0) is 36.5 Å². The average Bonchev–Trinajstić information content (AvgIpc) is 2.59. The lowest BCUT2D eigenvalue weighted by molar-refractivity contribution is 0.0971. The van der Waals surface area contributed by atoms with Gasteiger partial charge in [-0.1, -0.05) is 30.3 Å². The molecule has 23 heavy (non-hydrogen) atoms. The average molecular weight is 330 g/mol. The number of amides is 1. The third-order valence-corrected chi connectivity index (χ3v) is 3.24. The lowest BCUT2D eigenvalue weighted by Crippen LogP contribution is -2.37. The molecular formula is C17H18N2O3S. The fraction of sp³-hybridized carbons (Fsp3) is 0.176. The topological polar surface area (TPSA) is 59.6 Å². The van der Waals surface area contributed by atoms with Crippen molar-refractivity contribution in [1.29, 1.82) is 0 Å². The molecule has 5 nitrogen and oxygen atoms in total. The Morgan fingerprint density at radius 3 is 2.39 bits per heavy atom. The van der Waals surface area contributed by atoms with Gasteiger partial charge in [0.25, 0.3) is 5.91 Å². The van der Waals surface area contributed by atoms with Crippen molar-refractivity contribution in [3.05, 3.63) is 60.2 Å². The van der Waals surface area contributed by atoms with Gasteiger partial charge in [0, 0.05) is 7.05 Å². The summed E-state index contributed by atoms with van der Waals surface area (Å²) in [6.45, 7) is 0.713. The molecule has 0 spiro atoms. The number of rotatable bonds is 6. The van der Waals surface area contributed by atoms with Gasteiger partial charge in [0.1, 0.15) is 24.7 Å². The largest absolute Gasteiger partial charge is 0.490 e. The summed E-state index contributed by atoms with van der Waals surface area (Å²) in [5.41, 5.74) is 0.421. The lowest BCUT2D eigenvalue weighted by atomic mass is 10.2. The molecule has 0 aliphatic rings. The maximum atomic E-state index is 12.1. The van der Waals surface area contributed by atoms with E-state index < -0.39 is 0 Å². The molecule has 0 bridgehead atoms. The molecule has 6 heteroatoms. The first-order valence-electron chi connectivity index (χ1n) is 7.13. The highest BCUT2D eigenvalue weighted by molar-refractivity contribution is 7.80. The normalized spacial score (nSPS) is 9.78. The second-order valence-electron chi connectivity index (χ2n) is 4.54. The molecule has 1 amide bonds. The Morgan fingerprint density at radius 1 is 1.00 bits per heavy atom. The van der Waals surface area contributed by atoms with E-state index >= 15 is 0 Å². The third kappa shape index (κ3) is 5.27. The highest BCUT2D eigenvalue weighted by Gasteiger charge is 2.12. The van der Waals surface area contributed by atoms with E-state index in [1.165, 1.54) is 0 Å². The summed E-state index contributed by atoms with van der Waals surface area (Å²) in [5.74, 6) is 0.950. The van der Waals surface area contributed by atoms with Crippen molar-refractivity contribution >= 4 is 23.2 Å². The first kappa shape index (κ1) is 16.8. The Morgan fingerprint density at radius 2 is 1.65 bits per heavy atom. The summed E-state index contributed by atoms with van der Waals surface area (Å²) in [6, 6.07) is 16.5. The zero-order chi connectivity index (χ0) is 16.5. The molecule has 0 saturated heterocycles. The smallest absolute Gasteiger partial charge is 0.261 e. The third-order valence-electron chi connectivity index (χ3n) is 2.94. The van der Waals surface area contributed by atoms with E-state index in [4.69, 9.17) is 21.7 Å². The molecule has 2 aromatic carbocycles. The Bertz CT molecular complexity index is 662. The predicted octanol–water partition coefficient (Wildman–Crippen LogP) is 2.38. The number of nitrogens with one attached hydrogen (secondary N) is 2. The van der Waals surface area contributed by atoms with Crippen LogP contribution in [0.4, 0.5) is 0 Å². The van der Waals surface area contributed by atoms with Crippen LogP contribution in [0.25, 0.3) is 0 Å². The molecule has 0 unspecified atom stereocenters. The SMILES string of the molecule is CNC(=S)NC(=O)c1ccccc1OCCOc1ccccc1. The molecule has 0 radical (unpaired) electrons. The Labute approximate surface area is 140 Å². The summed E-state index contributed by atoms with van der Waals surface area (Å²) in [6.07, 6.45) is 0. The molecule has 0 fully saturated rings. The minimum Gasteiger partial charge on any atom is -0.490 e. The van der Waals surface area contributed by atoms with E-state index in [2.05, 4.69) is 10.6 Å². The van der Waals surface area contributed by atoms with Crippen LogP contribution in [0, 0.1) is 0 Å². The first-order valence-corrected chi connectivity index (χ1v) is 7.54.